The van der Waals surface area contributed by atoms with Gasteiger partial charge in [0.25, 0.3) is 0 Å². The average Bonchev–Trinajstić information content (AvgIpc) is 3.63. The summed E-state index contributed by atoms with van der Waals surface area (Å²) in [6.07, 6.45) is 1.03. The van der Waals surface area contributed by atoms with Crippen molar-refractivity contribution in [1.82, 2.24) is 0 Å². The summed E-state index contributed by atoms with van der Waals surface area (Å²) in [6.45, 7) is 18.2. The first-order chi connectivity index (χ1) is 20.6. The molecule has 0 aliphatic heterocycles. The zero-order valence-electron chi connectivity index (χ0n) is 28.0. The van der Waals surface area contributed by atoms with E-state index in [1.165, 1.54) is 83.1 Å². The summed E-state index contributed by atoms with van der Waals surface area (Å²) in [5.41, 5.74) is 14.2. The molecule has 240 valence electrons. The molecule has 0 spiro atoms. The van der Waals surface area contributed by atoms with Gasteiger partial charge in [-0.15, -0.1) is 16.7 Å². The number of hydrogen-bond acceptors (Lipinski definition) is 0. The molecule has 0 saturated heterocycles. The van der Waals surface area contributed by atoms with Crippen LogP contribution in [0.5, 0.6) is 0 Å². The maximum absolute atomic E-state index is 3.69. The zero-order valence-corrected chi connectivity index (χ0v) is 35.1. The SMILES string of the molecule is Brc1ccc([C](=[Zr+2])c2ccc(Br)cc2)cc1.Cc1[c-]c2c(cc1C(C)(C)C)-c1cc(C(C)(C)C)c(C)cc1C2.[Cl-].[Cl-].c1cc[cH-]c1. The number of hydrogen-bond donors (Lipinski definition) is 0. The van der Waals surface area contributed by atoms with Gasteiger partial charge in [0.2, 0.25) is 0 Å². The molecule has 0 amide bonds. The van der Waals surface area contributed by atoms with Gasteiger partial charge < -0.3 is 24.8 Å². The van der Waals surface area contributed by atoms with E-state index >= 15 is 0 Å². The summed E-state index contributed by atoms with van der Waals surface area (Å²) in [5.74, 6) is 0. The van der Waals surface area contributed by atoms with Crippen molar-refractivity contribution < 1.29 is 49.0 Å². The van der Waals surface area contributed by atoms with Gasteiger partial charge >= 0.3 is 128 Å². The summed E-state index contributed by atoms with van der Waals surface area (Å²) < 4.78 is 3.62. The molecule has 5 aromatic rings. The Morgan fingerprint density at radius 3 is 1.57 bits per heavy atom. The minimum atomic E-state index is 0. The summed E-state index contributed by atoms with van der Waals surface area (Å²) >= 11 is 8.34. The number of aryl methyl sites for hydroxylation is 2. The van der Waals surface area contributed by atoms with Gasteiger partial charge in [0.1, 0.15) is 0 Å². The van der Waals surface area contributed by atoms with Gasteiger partial charge in [-0.3, -0.25) is 0 Å². The maximum Gasteiger partial charge on any atom is -0.0129 e. The third-order valence-corrected chi connectivity index (χ3v) is 10.4. The van der Waals surface area contributed by atoms with Crippen LogP contribution < -0.4 is 24.8 Å². The Morgan fingerprint density at radius 2 is 1.15 bits per heavy atom. The van der Waals surface area contributed by atoms with Crippen LogP contribution in [-0.2, 0) is 41.5 Å². The third-order valence-electron chi connectivity index (χ3n) is 7.90. The van der Waals surface area contributed by atoms with Crippen molar-refractivity contribution in [2.45, 2.75) is 72.6 Å². The van der Waals surface area contributed by atoms with Crippen LogP contribution in [0.2, 0.25) is 0 Å². The van der Waals surface area contributed by atoms with Gasteiger partial charge in [-0.05, 0) is 35.4 Å². The first-order valence-corrected chi connectivity index (χ1v) is 17.9. The van der Waals surface area contributed by atoms with E-state index < -0.39 is 0 Å². The molecule has 1 aliphatic rings. The van der Waals surface area contributed by atoms with Crippen molar-refractivity contribution in [2.24, 2.45) is 0 Å². The monoisotopic (exact) mass is 852 g/mol. The number of fused-ring (bicyclic) bond motifs is 3. The van der Waals surface area contributed by atoms with Gasteiger partial charge in [0.05, 0.1) is 0 Å². The molecule has 5 aromatic carbocycles. The molecule has 0 saturated carbocycles. The van der Waals surface area contributed by atoms with Crippen molar-refractivity contribution in [1.29, 1.82) is 0 Å². The van der Waals surface area contributed by atoms with Crippen molar-refractivity contribution >= 4 is 35.1 Å². The van der Waals surface area contributed by atoms with E-state index in [1.807, 2.05) is 30.3 Å². The third kappa shape index (κ3) is 10.5. The van der Waals surface area contributed by atoms with Crippen LogP contribution in [0.3, 0.4) is 0 Å². The first kappa shape index (κ1) is 40.7. The minimum absolute atomic E-state index is 0. The van der Waals surface area contributed by atoms with E-state index in [-0.39, 0.29) is 35.6 Å². The molecular formula is C41H42Br2Cl2Zr-2. The quantitative estimate of drug-likeness (QED) is 0.188. The molecule has 1 aliphatic carbocycles. The Kier molecular flexibility index (Phi) is 15.3. The molecular weight excluding hydrogens is 814 g/mol. The molecule has 6 rings (SSSR count). The fraction of sp³-hybridized carbons (Fsp3) is 0.268. The molecule has 0 atom stereocenters. The Morgan fingerprint density at radius 1 is 0.696 bits per heavy atom. The second-order valence-electron chi connectivity index (χ2n) is 13.6. The molecule has 0 N–H and O–H groups in total. The Hall–Kier alpha value is -1.48. The average molecular weight is 857 g/mol. The van der Waals surface area contributed by atoms with Crippen LogP contribution in [0.4, 0.5) is 0 Å². The smallest absolute Gasteiger partial charge is 0.0129 e. The van der Waals surface area contributed by atoms with E-state index in [2.05, 4.69) is 160 Å². The predicted molar refractivity (Wildman–Crippen MR) is 194 cm³/mol. The fourth-order valence-electron chi connectivity index (χ4n) is 5.74. The molecule has 0 aromatic heterocycles. The molecule has 46 heavy (non-hydrogen) atoms. The normalized spacial score (nSPS) is 11.4. The second kappa shape index (κ2) is 17.3. The van der Waals surface area contributed by atoms with Crippen molar-refractivity contribution in [3.8, 4) is 11.1 Å². The van der Waals surface area contributed by atoms with Gasteiger partial charge in [0, 0.05) is 0 Å². The number of halogens is 4. The van der Waals surface area contributed by atoms with Crippen LogP contribution in [0.25, 0.3) is 11.1 Å². The predicted octanol–water partition coefficient (Wildman–Crippen LogP) is 6.01. The van der Waals surface area contributed by atoms with Crippen LogP contribution >= 0.6 is 31.9 Å². The van der Waals surface area contributed by atoms with Crippen molar-refractivity contribution in [2.75, 3.05) is 0 Å². The largest absolute Gasteiger partial charge is 1.00 e. The molecule has 0 unspecified atom stereocenters. The molecule has 0 radical (unpaired) electrons. The van der Waals surface area contributed by atoms with Gasteiger partial charge in [-0.2, -0.15) is 35.9 Å². The first-order valence-electron chi connectivity index (χ1n) is 15.1. The van der Waals surface area contributed by atoms with E-state index in [0.717, 1.165) is 15.4 Å². The summed E-state index contributed by atoms with van der Waals surface area (Å²) in [6, 6.07) is 37.9. The van der Waals surface area contributed by atoms with E-state index in [1.54, 1.807) is 0 Å². The van der Waals surface area contributed by atoms with E-state index in [9.17, 15) is 0 Å². The van der Waals surface area contributed by atoms with Gasteiger partial charge in [-0.25, -0.2) is 12.1 Å². The van der Waals surface area contributed by atoms with Crippen LogP contribution in [0, 0.1) is 19.9 Å². The fourth-order valence-corrected chi connectivity index (χ4v) is 7.09. The summed E-state index contributed by atoms with van der Waals surface area (Å²) in [5, 5.41) is 0. The Bertz CT molecular complexity index is 1590. The molecule has 0 heterocycles. The number of rotatable bonds is 2. The molecule has 5 heteroatoms. The number of benzene rings is 4. The van der Waals surface area contributed by atoms with Gasteiger partial charge in [-0.1, -0.05) is 71.6 Å². The van der Waals surface area contributed by atoms with Crippen molar-refractivity contribution in [3.05, 3.63) is 157 Å². The van der Waals surface area contributed by atoms with E-state index in [0.29, 0.717) is 0 Å². The van der Waals surface area contributed by atoms with Crippen LogP contribution in [0.1, 0.15) is 86.1 Å². The van der Waals surface area contributed by atoms with Crippen LogP contribution in [-0.4, -0.2) is 3.21 Å². The van der Waals surface area contributed by atoms with Crippen LogP contribution in [0.15, 0.2) is 106 Å². The Labute approximate surface area is 321 Å². The standard InChI is InChI=1S/C23H29.C13H8Br2.C5H5.2ClH.Zr/c1-14-9-16-11-17-10-15(2)21(23(6,7)8)13-19(17)18(16)12-20(14)22(3,4)5;14-12-5-1-10(2-6-12)9-11-3-7-13(15)8-4-11;1-2-4-5-3-1;;;/h9,12-13H,11H2,1-8H3;1-8H;1-5H;2*1H;/q-1;;-1;;;+2/p-2. The minimum Gasteiger partial charge on any atom is -1.00 e. The molecule has 0 nitrogen and oxygen atoms in total. The maximum atomic E-state index is 3.69. The topological polar surface area (TPSA) is 0 Å². The molecule has 0 bridgehead atoms. The molecule has 0 fully saturated rings. The van der Waals surface area contributed by atoms with E-state index in [4.69, 9.17) is 0 Å². The zero-order chi connectivity index (χ0) is 32.2. The van der Waals surface area contributed by atoms with Crippen molar-refractivity contribution in [3.63, 3.8) is 0 Å². The summed E-state index contributed by atoms with van der Waals surface area (Å²) in [4.78, 5) is 0. The Balaban J connectivity index is 0.000000278. The summed E-state index contributed by atoms with van der Waals surface area (Å²) in [7, 11) is 0. The van der Waals surface area contributed by atoms with Gasteiger partial charge in [0.15, 0.2) is 0 Å². The second-order valence-corrected chi connectivity index (χ2v) is 16.6.